The minimum Gasteiger partial charge on any atom is -0.468 e. The molecule has 0 spiro atoms. The summed E-state index contributed by atoms with van der Waals surface area (Å²) in [7, 11) is 0. The van der Waals surface area contributed by atoms with Gasteiger partial charge in [-0.05, 0) is 72.5 Å². The average molecular weight is 493 g/mol. The van der Waals surface area contributed by atoms with Crippen molar-refractivity contribution >= 4 is 16.9 Å². The molecule has 1 atom stereocenters. The van der Waals surface area contributed by atoms with Crippen molar-refractivity contribution in [2.75, 3.05) is 6.61 Å². The third-order valence-electron chi connectivity index (χ3n) is 6.14. The first-order valence-electron chi connectivity index (χ1n) is 12.1. The van der Waals surface area contributed by atoms with E-state index in [1.165, 1.54) is 4.68 Å². The minimum absolute atomic E-state index is 0.0517. The van der Waals surface area contributed by atoms with Gasteiger partial charge in [0.05, 0.1) is 25.5 Å². The fraction of sp³-hybridized carbons (Fsp3) is 0.423. The monoisotopic (exact) mass is 492 g/mol. The average Bonchev–Trinajstić information content (AvgIpc) is 3.47. The number of rotatable bonds is 10. The molecule has 0 aliphatic heterocycles. The van der Waals surface area contributed by atoms with Crippen LogP contribution in [0.3, 0.4) is 0 Å². The third-order valence-corrected chi connectivity index (χ3v) is 6.14. The summed E-state index contributed by atoms with van der Waals surface area (Å²) in [6.07, 6.45) is 1.62. The largest absolute Gasteiger partial charge is 0.468 e. The van der Waals surface area contributed by atoms with E-state index in [4.69, 9.17) is 9.15 Å². The molecule has 36 heavy (non-hydrogen) atoms. The molecule has 3 aromatic heterocycles. The van der Waals surface area contributed by atoms with Gasteiger partial charge in [-0.2, -0.15) is 0 Å². The number of H-pyrrole nitrogens is 1. The van der Waals surface area contributed by atoms with Crippen molar-refractivity contribution < 1.29 is 13.9 Å². The number of furan rings is 1. The number of carbonyl (C=O) groups is 1. The molecule has 0 amide bonds. The van der Waals surface area contributed by atoms with Crippen LogP contribution in [0.2, 0.25) is 0 Å². The molecule has 10 nitrogen and oxygen atoms in total. The Hall–Kier alpha value is -3.79. The van der Waals surface area contributed by atoms with Crippen LogP contribution in [0.4, 0.5) is 0 Å². The first-order chi connectivity index (χ1) is 17.3. The van der Waals surface area contributed by atoms with E-state index in [0.29, 0.717) is 24.5 Å². The van der Waals surface area contributed by atoms with Gasteiger partial charge in [0.15, 0.2) is 5.82 Å². The van der Waals surface area contributed by atoms with E-state index in [2.05, 4.69) is 45.3 Å². The standard InChI is InChI=1S/C26H32N6O4/c1-6-35-23(33)15-32-25(28-29-30-32)24(16(2)3)31(14-20-8-7-9-36-20)13-19-12-21-18(5)10-17(4)11-22(21)27-26(19)34/h7-12,16,24H,6,13-15H2,1-5H3,(H,27,34)/t24-/m1/s1. The van der Waals surface area contributed by atoms with Gasteiger partial charge in [-0.3, -0.25) is 14.5 Å². The molecule has 0 radical (unpaired) electrons. The van der Waals surface area contributed by atoms with E-state index in [1.54, 1.807) is 13.2 Å². The maximum Gasteiger partial charge on any atom is 0.327 e. The highest BCUT2D eigenvalue weighted by Crippen LogP contribution is 2.30. The number of nitrogens with one attached hydrogen (secondary N) is 1. The lowest BCUT2D eigenvalue weighted by atomic mass is 9.99. The van der Waals surface area contributed by atoms with Crippen LogP contribution in [0, 0.1) is 19.8 Å². The Balaban J connectivity index is 1.75. The number of esters is 1. The lowest BCUT2D eigenvalue weighted by Crippen LogP contribution is -2.35. The molecule has 0 aliphatic carbocycles. The predicted octanol–water partition coefficient (Wildman–Crippen LogP) is 3.69. The number of aromatic nitrogens is 5. The fourth-order valence-corrected chi connectivity index (χ4v) is 4.66. The lowest BCUT2D eigenvalue weighted by molar-refractivity contribution is -0.144. The van der Waals surface area contributed by atoms with Crippen LogP contribution >= 0.6 is 0 Å². The van der Waals surface area contributed by atoms with Gasteiger partial charge in [0.2, 0.25) is 0 Å². The molecule has 0 fully saturated rings. The van der Waals surface area contributed by atoms with Crippen molar-refractivity contribution in [3.8, 4) is 0 Å². The van der Waals surface area contributed by atoms with Gasteiger partial charge in [0, 0.05) is 23.0 Å². The van der Waals surface area contributed by atoms with E-state index in [9.17, 15) is 9.59 Å². The van der Waals surface area contributed by atoms with E-state index < -0.39 is 5.97 Å². The minimum atomic E-state index is -0.414. The molecule has 10 heteroatoms. The van der Waals surface area contributed by atoms with Gasteiger partial charge in [0.1, 0.15) is 12.3 Å². The lowest BCUT2D eigenvalue weighted by Gasteiger charge is -2.32. The van der Waals surface area contributed by atoms with Crippen LogP contribution in [0.15, 0.2) is 45.8 Å². The molecule has 0 saturated heterocycles. The van der Waals surface area contributed by atoms with Crippen molar-refractivity contribution in [2.24, 2.45) is 5.92 Å². The number of pyridine rings is 1. The number of benzene rings is 1. The summed E-state index contributed by atoms with van der Waals surface area (Å²) < 4.78 is 12.2. The van der Waals surface area contributed by atoms with Crippen molar-refractivity contribution in [2.45, 2.75) is 60.3 Å². The summed E-state index contributed by atoms with van der Waals surface area (Å²) in [5.74, 6) is 0.904. The Kier molecular flexibility index (Phi) is 7.64. The summed E-state index contributed by atoms with van der Waals surface area (Å²) in [5, 5.41) is 13.2. The fourth-order valence-electron chi connectivity index (χ4n) is 4.66. The van der Waals surface area contributed by atoms with Crippen LogP contribution in [0.25, 0.3) is 10.9 Å². The molecule has 0 aliphatic rings. The number of aryl methyl sites for hydroxylation is 2. The molecule has 1 N–H and O–H groups in total. The van der Waals surface area contributed by atoms with Crippen LogP contribution in [-0.4, -0.2) is 42.7 Å². The molecule has 190 valence electrons. The number of ether oxygens (including phenoxy) is 1. The topological polar surface area (TPSA) is 119 Å². The van der Waals surface area contributed by atoms with Gasteiger partial charge in [-0.15, -0.1) is 5.10 Å². The number of carbonyl (C=O) groups excluding carboxylic acids is 1. The van der Waals surface area contributed by atoms with Gasteiger partial charge in [-0.25, -0.2) is 4.68 Å². The predicted molar refractivity (Wildman–Crippen MR) is 134 cm³/mol. The summed E-state index contributed by atoms with van der Waals surface area (Å²) in [4.78, 5) is 30.5. The molecule has 0 saturated carbocycles. The number of aromatic amines is 1. The summed E-state index contributed by atoms with van der Waals surface area (Å²) in [6.45, 7) is 10.9. The second-order valence-corrected chi connectivity index (χ2v) is 9.34. The first-order valence-corrected chi connectivity index (χ1v) is 12.1. The number of tetrazole rings is 1. The highest BCUT2D eigenvalue weighted by molar-refractivity contribution is 5.83. The maximum absolute atomic E-state index is 13.1. The Morgan fingerprint density at radius 2 is 2.03 bits per heavy atom. The second kappa shape index (κ2) is 10.9. The Morgan fingerprint density at radius 1 is 1.22 bits per heavy atom. The molecule has 4 aromatic rings. The van der Waals surface area contributed by atoms with Crippen LogP contribution < -0.4 is 5.56 Å². The Labute approximate surface area is 209 Å². The van der Waals surface area contributed by atoms with Crippen LogP contribution in [0.1, 0.15) is 55.1 Å². The van der Waals surface area contributed by atoms with Crippen molar-refractivity contribution in [3.63, 3.8) is 0 Å². The van der Waals surface area contributed by atoms with E-state index in [1.807, 2.05) is 38.1 Å². The van der Waals surface area contributed by atoms with Gasteiger partial charge in [-0.1, -0.05) is 19.9 Å². The van der Waals surface area contributed by atoms with Crippen molar-refractivity contribution in [1.82, 2.24) is 30.1 Å². The molecule has 3 heterocycles. The molecular weight excluding hydrogens is 460 g/mol. The number of fused-ring (bicyclic) bond motifs is 1. The second-order valence-electron chi connectivity index (χ2n) is 9.34. The summed E-state index contributed by atoms with van der Waals surface area (Å²) in [5.41, 5.74) is 3.48. The van der Waals surface area contributed by atoms with Gasteiger partial charge in [0.25, 0.3) is 5.56 Å². The smallest absolute Gasteiger partial charge is 0.327 e. The van der Waals surface area contributed by atoms with E-state index in [0.717, 1.165) is 27.8 Å². The molecular formula is C26H32N6O4. The molecule has 0 bridgehead atoms. The third kappa shape index (κ3) is 5.54. The number of hydrogen-bond acceptors (Lipinski definition) is 8. The zero-order valence-corrected chi connectivity index (χ0v) is 21.3. The maximum atomic E-state index is 13.1. The number of hydrogen-bond donors (Lipinski definition) is 1. The Bertz CT molecular complexity index is 1390. The Morgan fingerprint density at radius 3 is 2.72 bits per heavy atom. The first kappa shape index (κ1) is 25.3. The normalized spacial score (nSPS) is 12.5. The van der Waals surface area contributed by atoms with Gasteiger partial charge < -0.3 is 14.1 Å². The van der Waals surface area contributed by atoms with E-state index in [-0.39, 0.29) is 30.7 Å². The zero-order chi connectivity index (χ0) is 25.8. The van der Waals surface area contributed by atoms with Crippen LogP contribution in [-0.2, 0) is 29.2 Å². The molecule has 0 unspecified atom stereocenters. The highest BCUT2D eigenvalue weighted by atomic mass is 16.5. The van der Waals surface area contributed by atoms with E-state index >= 15 is 0 Å². The molecule has 1 aromatic carbocycles. The van der Waals surface area contributed by atoms with Gasteiger partial charge >= 0.3 is 5.97 Å². The molecule has 4 rings (SSSR count). The SMILES string of the molecule is CCOC(=O)Cn1nnnc1[C@@H](C(C)C)N(Cc1ccco1)Cc1cc2c(C)cc(C)cc2[nH]c1=O. The van der Waals surface area contributed by atoms with Crippen LogP contribution in [0.5, 0.6) is 0 Å². The van der Waals surface area contributed by atoms with Crippen molar-refractivity contribution in [1.29, 1.82) is 0 Å². The summed E-state index contributed by atoms with van der Waals surface area (Å²) >= 11 is 0. The number of nitrogens with zero attached hydrogens (tertiary/aromatic N) is 5. The van der Waals surface area contributed by atoms with Crippen molar-refractivity contribution in [3.05, 3.63) is 75.2 Å². The highest BCUT2D eigenvalue weighted by Gasteiger charge is 2.31. The zero-order valence-electron chi connectivity index (χ0n) is 21.3. The quantitative estimate of drug-likeness (QED) is 0.333. The summed E-state index contributed by atoms with van der Waals surface area (Å²) in [6, 6.07) is 9.45.